The van der Waals surface area contributed by atoms with Crippen LogP contribution in [0.2, 0.25) is 0 Å². The van der Waals surface area contributed by atoms with Gasteiger partial charge >= 0.3 is 0 Å². The van der Waals surface area contributed by atoms with Crippen molar-refractivity contribution in [3.63, 3.8) is 0 Å². The second-order valence-corrected chi connectivity index (χ2v) is 5.51. The second kappa shape index (κ2) is 6.90. The molecular formula is C15H22FN3O. The summed E-state index contributed by atoms with van der Waals surface area (Å²) in [6.07, 6.45) is 1.54. The topological polar surface area (TPSA) is 36.4 Å². The van der Waals surface area contributed by atoms with E-state index >= 15 is 0 Å². The van der Waals surface area contributed by atoms with Crippen molar-refractivity contribution in [1.82, 2.24) is 14.8 Å². The Morgan fingerprint density at radius 3 is 2.55 bits per heavy atom. The van der Waals surface area contributed by atoms with E-state index in [0.717, 1.165) is 38.9 Å². The number of hydrogen-bond acceptors (Lipinski definition) is 4. The number of hydrogen-bond donors (Lipinski definition) is 0. The number of piperazine rings is 1. The number of rotatable bonds is 5. The molecule has 0 atom stereocenters. The molecule has 1 aliphatic rings. The molecule has 0 aromatic carbocycles. The van der Waals surface area contributed by atoms with Gasteiger partial charge < -0.3 is 4.90 Å². The molecule has 0 bridgehead atoms. The summed E-state index contributed by atoms with van der Waals surface area (Å²) in [5.74, 6) is -0.428. The predicted molar refractivity (Wildman–Crippen MR) is 76.3 cm³/mol. The Kier molecular flexibility index (Phi) is 5.20. The molecule has 110 valence electrons. The van der Waals surface area contributed by atoms with E-state index < -0.39 is 5.82 Å². The van der Waals surface area contributed by atoms with E-state index in [-0.39, 0.29) is 5.78 Å². The van der Waals surface area contributed by atoms with Crippen LogP contribution in [0.5, 0.6) is 0 Å². The van der Waals surface area contributed by atoms with E-state index in [4.69, 9.17) is 0 Å². The fourth-order valence-electron chi connectivity index (χ4n) is 2.43. The largest absolute Gasteiger partial charge is 0.300 e. The zero-order valence-electron chi connectivity index (χ0n) is 12.2. The van der Waals surface area contributed by atoms with Crippen LogP contribution >= 0.6 is 0 Å². The Hall–Kier alpha value is -1.33. The third kappa shape index (κ3) is 4.08. The Morgan fingerprint density at radius 1 is 1.30 bits per heavy atom. The number of halogens is 1. The Balaban J connectivity index is 1.76. The van der Waals surface area contributed by atoms with Gasteiger partial charge in [0, 0.05) is 45.2 Å². The van der Waals surface area contributed by atoms with Crippen molar-refractivity contribution < 1.29 is 9.18 Å². The summed E-state index contributed by atoms with van der Waals surface area (Å²) in [6, 6.07) is 3.32. The van der Waals surface area contributed by atoms with Gasteiger partial charge in [0.05, 0.1) is 6.20 Å². The van der Waals surface area contributed by atoms with Crippen LogP contribution in [-0.2, 0) is 0 Å². The first-order chi connectivity index (χ1) is 9.56. The van der Waals surface area contributed by atoms with Crippen molar-refractivity contribution in [2.45, 2.75) is 26.3 Å². The lowest BCUT2D eigenvalue weighted by Gasteiger charge is -2.36. The second-order valence-electron chi connectivity index (χ2n) is 5.51. The van der Waals surface area contributed by atoms with E-state index in [1.54, 1.807) is 0 Å². The molecule has 1 aromatic heterocycles. The molecule has 0 aliphatic carbocycles. The maximum absolute atomic E-state index is 12.7. The van der Waals surface area contributed by atoms with Crippen LogP contribution in [0.25, 0.3) is 0 Å². The van der Waals surface area contributed by atoms with Gasteiger partial charge in [-0.05, 0) is 26.0 Å². The number of carbonyl (C=O) groups excluding carboxylic acids is 1. The molecule has 4 nitrogen and oxygen atoms in total. The highest BCUT2D eigenvalue weighted by molar-refractivity contribution is 5.94. The molecule has 0 amide bonds. The van der Waals surface area contributed by atoms with Crippen molar-refractivity contribution in [3.8, 4) is 0 Å². The quantitative estimate of drug-likeness (QED) is 0.770. The number of aromatic nitrogens is 1. The molecule has 1 aromatic rings. The van der Waals surface area contributed by atoms with Crippen molar-refractivity contribution in [2.75, 3.05) is 32.7 Å². The van der Waals surface area contributed by atoms with Gasteiger partial charge in [0.15, 0.2) is 5.78 Å². The third-order valence-electron chi connectivity index (χ3n) is 3.81. The van der Waals surface area contributed by atoms with Crippen molar-refractivity contribution in [1.29, 1.82) is 0 Å². The van der Waals surface area contributed by atoms with Gasteiger partial charge in [-0.25, -0.2) is 4.39 Å². The van der Waals surface area contributed by atoms with Crippen LogP contribution in [0.3, 0.4) is 0 Å². The van der Waals surface area contributed by atoms with Crippen LogP contribution in [0.1, 0.15) is 30.8 Å². The van der Waals surface area contributed by atoms with Gasteiger partial charge in [-0.3, -0.25) is 14.7 Å². The number of ketones is 1. The van der Waals surface area contributed by atoms with Crippen LogP contribution < -0.4 is 0 Å². The minimum Gasteiger partial charge on any atom is -0.300 e. The van der Waals surface area contributed by atoms with Crippen LogP contribution in [0.4, 0.5) is 4.39 Å². The summed E-state index contributed by atoms with van der Waals surface area (Å²) in [6.45, 7) is 9.29. The Morgan fingerprint density at radius 2 is 2.00 bits per heavy atom. The Labute approximate surface area is 119 Å². The molecule has 0 spiro atoms. The molecule has 1 saturated heterocycles. The summed E-state index contributed by atoms with van der Waals surface area (Å²) in [7, 11) is 0. The number of Topliss-reactive ketones (excluding diaryl/α,β-unsaturated/α-hetero) is 1. The molecule has 0 N–H and O–H groups in total. The molecule has 0 saturated carbocycles. The maximum atomic E-state index is 12.7. The molecule has 1 aliphatic heterocycles. The van der Waals surface area contributed by atoms with E-state index in [9.17, 15) is 9.18 Å². The van der Waals surface area contributed by atoms with Gasteiger partial charge in [-0.1, -0.05) is 0 Å². The fraction of sp³-hybridized carbons (Fsp3) is 0.600. The Bertz CT molecular complexity index is 439. The zero-order valence-corrected chi connectivity index (χ0v) is 12.2. The minimum atomic E-state index is -0.411. The van der Waals surface area contributed by atoms with Crippen LogP contribution in [0, 0.1) is 5.82 Å². The van der Waals surface area contributed by atoms with Gasteiger partial charge in [-0.2, -0.15) is 0 Å². The fourth-order valence-corrected chi connectivity index (χ4v) is 2.43. The number of pyridine rings is 1. The smallest absolute Gasteiger partial charge is 0.182 e. The van der Waals surface area contributed by atoms with E-state index in [1.165, 1.54) is 12.1 Å². The third-order valence-corrected chi connectivity index (χ3v) is 3.81. The summed E-state index contributed by atoms with van der Waals surface area (Å²) < 4.78 is 12.7. The highest BCUT2D eigenvalue weighted by Gasteiger charge is 2.19. The van der Waals surface area contributed by atoms with E-state index in [1.807, 2.05) is 0 Å². The van der Waals surface area contributed by atoms with Crippen molar-refractivity contribution in [3.05, 3.63) is 29.8 Å². The molecule has 5 heteroatoms. The van der Waals surface area contributed by atoms with E-state index in [2.05, 4.69) is 28.6 Å². The monoisotopic (exact) mass is 279 g/mol. The van der Waals surface area contributed by atoms with Crippen LogP contribution in [0.15, 0.2) is 18.3 Å². The highest BCUT2D eigenvalue weighted by atomic mass is 19.1. The number of nitrogens with zero attached hydrogens (tertiary/aromatic N) is 3. The first kappa shape index (κ1) is 15.1. The molecule has 20 heavy (non-hydrogen) atoms. The highest BCUT2D eigenvalue weighted by Crippen LogP contribution is 2.08. The normalized spacial score (nSPS) is 17.6. The summed E-state index contributed by atoms with van der Waals surface area (Å²) in [4.78, 5) is 20.5. The minimum absolute atomic E-state index is 0.0173. The summed E-state index contributed by atoms with van der Waals surface area (Å²) >= 11 is 0. The standard InChI is InChI=1S/C15H22FN3O/c1-12(2)19-9-7-18(8-10-19)6-5-15(20)14-4-3-13(16)11-17-14/h3-4,11-12H,5-10H2,1-2H3. The van der Waals surface area contributed by atoms with Gasteiger partial charge in [0.1, 0.15) is 11.5 Å². The maximum Gasteiger partial charge on any atom is 0.182 e. The summed E-state index contributed by atoms with van der Waals surface area (Å²) in [5, 5.41) is 0. The molecule has 2 heterocycles. The SMILES string of the molecule is CC(C)N1CCN(CCC(=O)c2ccc(F)cn2)CC1. The lowest BCUT2D eigenvalue weighted by Crippen LogP contribution is -2.49. The first-order valence-corrected chi connectivity index (χ1v) is 7.17. The molecule has 2 rings (SSSR count). The van der Waals surface area contributed by atoms with Gasteiger partial charge in [0.25, 0.3) is 0 Å². The summed E-state index contributed by atoms with van der Waals surface area (Å²) in [5.41, 5.74) is 0.354. The van der Waals surface area contributed by atoms with Crippen molar-refractivity contribution in [2.24, 2.45) is 0 Å². The first-order valence-electron chi connectivity index (χ1n) is 7.17. The lowest BCUT2D eigenvalue weighted by molar-refractivity contribution is 0.0886. The van der Waals surface area contributed by atoms with Crippen molar-refractivity contribution >= 4 is 5.78 Å². The molecular weight excluding hydrogens is 257 g/mol. The van der Waals surface area contributed by atoms with E-state index in [0.29, 0.717) is 18.2 Å². The van der Waals surface area contributed by atoms with Crippen LogP contribution in [-0.4, -0.2) is 59.3 Å². The van der Waals surface area contributed by atoms with Gasteiger partial charge in [-0.15, -0.1) is 0 Å². The molecule has 1 fully saturated rings. The lowest BCUT2D eigenvalue weighted by atomic mass is 10.1. The predicted octanol–water partition coefficient (Wildman–Crippen LogP) is 1.82. The molecule has 0 unspecified atom stereocenters. The average molecular weight is 279 g/mol. The van der Waals surface area contributed by atoms with Gasteiger partial charge in [0.2, 0.25) is 0 Å². The average Bonchev–Trinajstić information content (AvgIpc) is 2.46. The zero-order chi connectivity index (χ0) is 14.5. The number of carbonyl (C=O) groups is 1. The molecule has 0 radical (unpaired) electrons.